The Morgan fingerprint density at radius 1 is 0.727 bits per heavy atom. The monoisotopic (exact) mass is 454 g/mol. The summed E-state index contributed by atoms with van der Waals surface area (Å²) in [4.78, 5) is 0. The van der Waals surface area contributed by atoms with Gasteiger partial charge in [0, 0.05) is 0 Å². The molecule has 33 heavy (non-hydrogen) atoms. The van der Waals surface area contributed by atoms with Gasteiger partial charge in [-0.05, 0) is 76.2 Å². The average Bonchev–Trinajstić information content (AvgIpc) is 2.76. The smallest absolute Gasteiger partial charge is 0.406 e. The molecular weight excluding hydrogens is 435 g/mol. The van der Waals surface area contributed by atoms with Gasteiger partial charge in [-0.3, -0.25) is 0 Å². The highest BCUT2D eigenvalue weighted by atomic mass is 19.4. The van der Waals surface area contributed by atoms with E-state index in [1.807, 2.05) is 30.3 Å². The Morgan fingerprint density at radius 3 is 1.97 bits per heavy atom. The molecule has 0 aliphatic rings. The molecule has 0 amide bonds. The quantitative estimate of drug-likeness (QED) is 0.210. The van der Waals surface area contributed by atoms with E-state index >= 15 is 0 Å². The van der Waals surface area contributed by atoms with Gasteiger partial charge >= 0.3 is 6.36 Å². The van der Waals surface area contributed by atoms with Crippen LogP contribution in [0.4, 0.5) is 22.0 Å². The van der Waals surface area contributed by atoms with E-state index in [-0.39, 0.29) is 16.9 Å². The van der Waals surface area contributed by atoms with Crippen molar-refractivity contribution in [2.45, 2.75) is 19.2 Å². The standard InChI is InChI=1S/C27H19F5O/c1-2-3-4-17-5-7-18(8-6-17)22-15-24(28)26(25(29)16-22)21-10-9-20-14-23(33-27(30,31)32)12-11-19(20)13-21/h2,5-16H,1,3-4H2. The predicted molar refractivity (Wildman–Crippen MR) is 120 cm³/mol. The second kappa shape index (κ2) is 9.06. The third-order valence-corrected chi connectivity index (χ3v) is 5.30. The summed E-state index contributed by atoms with van der Waals surface area (Å²) in [7, 11) is 0. The molecule has 4 rings (SSSR count). The lowest BCUT2D eigenvalue weighted by molar-refractivity contribution is -0.274. The first-order chi connectivity index (χ1) is 15.7. The molecule has 1 nitrogen and oxygen atoms in total. The number of benzene rings is 4. The molecule has 6 heteroatoms. The molecule has 0 N–H and O–H groups in total. The summed E-state index contributed by atoms with van der Waals surface area (Å²) in [5, 5.41) is 0.981. The number of fused-ring (bicyclic) bond motifs is 1. The van der Waals surface area contributed by atoms with Gasteiger partial charge in [-0.1, -0.05) is 48.5 Å². The average molecular weight is 454 g/mol. The number of rotatable bonds is 6. The number of halogens is 5. The first-order valence-electron chi connectivity index (χ1n) is 10.2. The van der Waals surface area contributed by atoms with Crippen molar-refractivity contribution in [3.8, 4) is 28.0 Å². The van der Waals surface area contributed by atoms with Crippen LogP contribution in [0.5, 0.6) is 5.75 Å². The lowest BCUT2D eigenvalue weighted by Crippen LogP contribution is -2.16. The van der Waals surface area contributed by atoms with Crippen molar-refractivity contribution in [3.05, 3.63) is 103 Å². The largest absolute Gasteiger partial charge is 0.573 e. The molecule has 4 aromatic rings. The lowest BCUT2D eigenvalue weighted by Gasteiger charge is -2.12. The fraction of sp³-hybridized carbons (Fsp3) is 0.111. The summed E-state index contributed by atoms with van der Waals surface area (Å²) in [6.45, 7) is 3.70. The van der Waals surface area contributed by atoms with Gasteiger partial charge in [-0.2, -0.15) is 0 Å². The van der Waals surface area contributed by atoms with Crippen LogP contribution in [0.1, 0.15) is 12.0 Å². The Balaban J connectivity index is 1.65. The molecule has 0 aliphatic heterocycles. The van der Waals surface area contributed by atoms with Gasteiger partial charge in [0.15, 0.2) is 0 Å². The van der Waals surface area contributed by atoms with Gasteiger partial charge in [-0.25, -0.2) is 8.78 Å². The Morgan fingerprint density at radius 2 is 1.33 bits per heavy atom. The van der Waals surface area contributed by atoms with Gasteiger partial charge in [0.25, 0.3) is 0 Å². The molecule has 0 heterocycles. The molecule has 0 saturated heterocycles. The van der Waals surface area contributed by atoms with Crippen molar-refractivity contribution in [1.29, 1.82) is 0 Å². The number of alkyl halides is 3. The molecule has 4 aromatic carbocycles. The van der Waals surface area contributed by atoms with Crippen molar-refractivity contribution in [1.82, 2.24) is 0 Å². The molecule has 0 aliphatic carbocycles. The highest BCUT2D eigenvalue weighted by Crippen LogP contribution is 2.34. The molecule has 0 saturated carbocycles. The molecule has 0 fully saturated rings. The first-order valence-corrected chi connectivity index (χ1v) is 10.2. The second-order valence-corrected chi connectivity index (χ2v) is 7.61. The Bertz CT molecular complexity index is 1280. The minimum absolute atomic E-state index is 0.195. The topological polar surface area (TPSA) is 9.23 Å². The van der Waals surface area contributed by atoms with Crippen LogP contribution in [-0.2, 0) is 6.42 Å². The van der Waals surface area contributed by atoms with Crippen molar-refractivity contribution in [2.24, 2.45) is 0 Å². The third kappa shape index (κ3) is 5.22. The van der Waals surface area contributed by atoms with E-state index in [4.69, 9.17) is 0 Å². The normalized spacial score (nSPS) is 11.5. The Kier molecular flexibility index (Phi) is 6.18. The van der Waals surface area contributed by atoms with Crippen LogP contribution in [0, 0.1) is 11.6 Å². The number of allylic oxidation sites excluding steroid dienone is 1. The molecule has 0 spiro atoms. The fourth-order valence-electron chi connectivity index (χ4n) is 3.72. The van der Waals surface area contributed by atoms with Gasteiger partial charge in [0.05, 0.1) is 5.56 Å². The van der Waals surface area contributed by atoms with Gasteiger partial charge in [-0.15, -0.1) is 19.8 Å². The Labute approximate surface area is 187 Å². The number of aryl methyl sites for hydroxylation is 1. The predicted octanol–water partition coefficient (Wildman–Crippen LogP) is 8.47. The van der Waals surface area contributed by atoms with Crippen molar-refractivity contribution in [2.75, 3.05) is 0 Å². The summed E-state index contributed by atoms with van der Waals surface area (Å²) in [6.07, 6.45) is -1.27. The van der Waals surface area contributed by atoms with Crippen molar-refractivity contribution < 1.29 is 26.7 Å². The molecule has 0 aromatic heterocycles. The zero-order chi connectivity index (χ0) is 23.6. The van der Waals surface area contributed by atoms with Crippen molar-refractivity contribution >= 4 is 10.8 Å². The highest BCUT2D eigenvalue weighted by molar-refractivity contribution is 5.89. The van der Waals surface area contributed by atoms with E-state index < -0.39 is 18.0 Å². The van der Waals surface area contributed by atoms with Crippen LogP contribution in [-0.4, -0.2) is 6.36 Å². The van der Waals surface area contributed by atoms with E-state index in [9.17, 15) is 22.0 Å². The fourth-order valence-corrected chi connectivity index (χ4v) is 3.72. The van der Waals surface area contributed by atoms with E-state index in [1.54, 1.807) is 0 Å². The molecule has 0 unspecified atom stereocenters. The molecule has 0 atom stereocenters. The maximum atomic E-state index is 15.0. The van der Waals surface area contributed by atoms with Crippen LogP contribution >= 0.6 is 0 Å². The molecule has 168 valence electrons. The summed E-state index contributed by atoms with van der Waals surface area (Å²) in [5.41, 5.74) is 2.31. The maximum Gasteiger partial charge on any atom is 0.573 e. The van der Waals surface area contributed by atoms with Crippen LogP contribution in [0.15, 0.2) is 85.5 Å². The van der Waals surface area contributed by atoms with Gasteiger partial charge in [0.2, 0.25) is 0 Å². The van der Waals surface area contributed by atoms with Crippen LogP contribution in [0.2, 0.25) is 0 Å². The van der Waals surface area contributed by atoms with Gasteiger partial charge < -0.3 is 4.74 Å². The molecular formula is C27H19F5O. The maximum absolute atomic E-state index is 15.0. The summed E-state index contributed by atoms with van der Waals surface area (Å²) >= 11 is 0. The zero-order valence-corrected chi connectivity index (χ0v) is 17.4. The molecule has 0 bridgehead atoms. The van der Waals surface area contributed by atoms with Crippen molar-refractivity contribution in [3.63, 3.8) is 0 Å². The lowest BCUT2D eigenvalue weighted by atomic mass is 9.96. The van der Waals surface area contributed by atoms with E-state index in [0.717, 1.165) is 24.5 Å². The van der Waals surface area contributed by atoms with E-state index in [0.29, 0.717) is 21.9 Å². The molecule has 0 radical (unpaired) electrons. The zero-order valence-electron chi connectivity index (χ0n) is 17.4. The van der Waals surface area contributed by atoms with E-state index in [2.05, 4.69) is 11.3 Å². The number of ether oxygens (including phenoxy) is 1. The minimum atomic E-state index is -4.80. The SMILES string of the molecule is C=CCCc1ccc(-c2cc(F)c(-c3ccc4cc(OC(F)(F)F)ccc4c3)c(F)c2)cc1. The Hall–Kier alpha value is -3.67. The van der Waals surface area contributed by atoms with Gasteiger partial charge in [0.1, 0.15) is 17.4 Å². The van der Waals surface area contributed by atoms with E-state index in [1.165, 1.54) is 42.5 Å². The third-order valence-electron chi connectivity index (χ3n) is 5.30. The van der Waals surface area contributed by atoms with Crippen LogP contribution in [0.3, 0.4) is 0 Å². The summed E-state index contributed by atoms with van der Waals surface area (Å²) in [5.74, 6) is -1.81. The summed E-state index contributed by atoms with van der Waals surface area (Å²) in [6, 6.07) is 18.3. The highest BCUT2D eigenvalue weighted by Gasteiger charge is 2.31. The first kappa shape index (κ1) is 22.5. The van der Waals surface area contributed by atoms with Crippen LogP contribution < -0.4 is 4.74 Å². The van der Waals surface area contributed by atoms with Crippen LogP contribution in [0.25, 0.3) is 33.0 Å². The second-order valence-electron chi connectivity index (χ2n) is 7.61. The minimum Gasteiger partial charge on any atom is -0.406 e. The summed E-state index contributed by atoms with van der Waals surface area (Å²) < 4.78 is 71.2. The number of hydrogen-bond donors (Lipinski definition) is 0. The number of hydrogen-bond acceptors (Lipinski definition) is 1.